The second-order valence-electron chi connectivity index (χ2n) is 6.96. The summed E-state index contributed by atoms with van der Waals surface area (Å²) >= 11 is 0. The van der Waals surface area contributed by atoms with Crippen molar-refractivity contribution in [3.8, 4) is 28.6 Å². The molecule has 2 aromatic carbocycles. The van der Waals surface area contributed by atoms with Crippen molar-refractivity contribution in [3.63, 3.8) is 0 Å². The lowest BCUT2D eigenvalue weighted by molar-refractivity contribution is 0.0944. The molecule has 0 aliphatic heterocycles. The minimum absolute atomic E-state index is 0.291. The van der Waals surface area contributed by atoms with Gasteiger partial charge in [0.15, 0.2) is 17.3 Å². The van der Waals surface area contributed by atoms with Gasteiger partial charge in [-0.1, -0.05) is 18.2 Å². The van der Waals surface area contributed by atoms with E-state index in [1.165, 1.54) is 11.8 Å². The van der Waals surface area contributed by atoms with Crippen molar-refractivity contribution >= 4 is 11.9 Å². The third-order valence-electron chi connectivity index (χ3n) is 4.96. The maximum absolute atomic E-state index is 13.4. The molecule has 2 heterocycles. The van der Waals surface area contributed by atoms with Crippen LogP contribution in [0.2, 0.25) is 0 Å². The lowest BCUT2D eigenvalue weighted by Crippen LogP contribution is -2.18. The fourth-order valence-corrected chi connectivity index (χ4v) is 3.29. The Morgan fingerprint density at radius 1 is 0.939 bits per heavy atom. The third-order valence-corrected chi connectivity index (χ3v) is 4.96. The van der Waals surface area contributed by atoms with E-state index in [1.807, 2.05) is 24.3 Å². The average Bonchev–Trinajstić information content (AvgIpc) is 3.31. The molecule has 0 radical (unpaired) electrons. The van der Waals surface area contributed by atoms with Crippen LogP contribution in [0.4, 0.5) is 5.95 Å². The fourth-order valence-electron chi connectivity index (χ4n) is 3.29. The van der Waals surface area contributed by atoms with Gasteiger partial charge in [0, 0.05) is 24.5 Å². The first-order chi connectivity index (χ1) is 16.1. The number of anilines is 1. The van der Waals surface area contributed by atoms with Gasteiger partial charge in [-0.2, -0.15) is 9.67 Å². The van der Waals surface area contributed by atoms with Crippen molar-refractivity contribution in [3.05, 3.63) is 78.1 Å². The SMILES string of the molecule is COc1ccc(CNc2nc(-c3cccnc3)nn2C(=O)c2ccccc2OC)cc1OC. The highest BCUT2D eigenvalue weighted by molar-refractivity contribution is 5.99. The summed E-state index contributed by atoms with van der Waals surface area (Å²) < 4.78 is 17.3. The van der Waals surface area contributed by atoms with E-state index in [2.05, 4.69) is 20.4 Å². The van der Waals surface area contributed by atoms with Gasteiger partial charge in [-0.15, -0.1) is 5.10 Å². The van der Waals surface area contributed by atoms with E-state index in [-0.39, 0.29) is 5.91 Å². The first-order valence-corrected chi connectivity index (χ1v) is 10.1. The molecular weight excluding hydrogens is 422 g/mol. The highest BCUT2D eigenvalue weighted by atomic mass is 16.5. The lowest BCUT2D eigenvalue weighted by Gasteiger charge is -2.11. The summed E-state index contributed by atoms with van der Waals surface area (Å²) in [5.74, 6) is 1.99. The fraction of sp³-hybridized carbons (Fsp3) is 0.167. The number of carbonyl (C=O) groups excluding carboxylic acids is 1. The molecule has 0 atom stereocenters. The topological polar surface area (TPSA) is 100 Å². The lowest BCUT2D eigenvalue weighted by atomic mass is 10.2. The molecule has 9 heteroatoms. The normalized spacial score (nSPS) is 10.5. The number of methoxy groups -OCH3 is 3. The Labute approximate surface area is 191 Å². The Bertz CT molecular complexity index is 1260. The molecule has 0 amide bonds. The van der Waals surface area contributed by atoms with Crippen molar-refractivity contribution in [1.29, 1.82) is 0 Å². The Morgan fingerprint density at radius 3 is 2.45 bits per heavy atom. The van der Waals surface area contributed by atoms with Crippen LogP contribution in [0, 0.1) is 0 Å². The molecule has 0 unspecified atom stereocenters. The van der Waals surface area contributed by atoms with E-state index in [4.69, 9.17) is 14.2 Å². The van der Waals surface area contributed by atoms with Gasteiger partial charge < -0.3 is 19.5 Å². The number of pyridine rings is 1. The molecule has 0 saturated carbocycles. The van der Waals surface area contributed by atoms with Crippen LogP contribution in [0.3, 0.4) is 0 Å². The van der Waals surface area contributed by atoms with E-state index in [0.29, 0.717) is 46.7 Å². The standard InChI is InChI=1S/C24H23N5O4/c1-31-19-9-5-4-8-18(19)23(30)29-24(27-22(28-29)17-7-6-12-25-15-17)26-14-16-10-11-20(32-2)21(13-16)33-3/h4-13,15H,14H2,1-3H3,(H,26,27,28). The quantitative estimate of drug-likeness (QED) is 0.439. The van der Waals surface area contributed by atoms with Crippen LogP contribution in [-0.2, 0) is 6.54 Å². The van der Waals surface area contributed by atoms with E-state index in [9.17, 15) is 4.79 Å². The summed E-state index contributed by atoms with van der Waals surface area (Å²) in [6.07, 6.45) is 3.31. The minimum atomic E-state index is -0.370. The molecule has 9 nitrogen and oxygen atoms in total. The number of benzene rings is 2. The van der Waals surface area contributed by atoms with Crippen LogP contribution < -0.4 is 19.5 Å². The number of rotatable bonds is 8. The van der Waals surface area contributed by atoms with Gasteiger partial charge in [-0.25, -0.2) is 0 Å². The Hall–Kier alpha value is -4.40. The molecule has 0 bridgehead atoms. The van der Waals surface area contributed by atoms with Crippen LogP contribution in [0.15, 0.2) is 67.0 Å². The minimum Gasteiger partial charge on any atom is -0.496 e. The summed E-state index contributed by atoms with van der Waals surface area (Å²) in [5.41, 5.74) is 1.98. The average molecular weight is 445 g/mol. The van der Waals surface area contributed by atoms with Crippen molar-refractivity contribution in [2.24, 2.45) is 0 Å². The summed E-state index contributed by atoms with van der Waals surface area (Å²) in [6.45, 7) is 0.380. The predicted octanol–water partition coefficient (Wildman–Crippen LogP) is 3.67. The van der Waals surface area contributed by atoms with Crippen LogP contribution >= 0.6 is 0 Å². The number of hydrogen-bond donors (Lipinski definition) is 1. The Kier molecular flexibility index (Phi) is 6.49. The van der Waals surface area contributed by atoms with E-state index in [1.54, 1.807) is 56.9 Å². The zero-order valence-electron chi connectivity index (χ0n) is 18.5. The number of para-hydroxylation sites is 1. The third kappa shape index (κ3) is 4.62. The van der Waals surface area contributed by atoms with E-state index >= 15 is 0 Å². The van der Waals surface area contributed by atoms with Gasteiger partial charge in [-0.05, 0) is 42.0 Å². The zero-order chi connectivity index (χ0) is 23.2. The second kappa shape index (κ2) is 9.82. The molecule has 0 fully saturated rings. The molecule has 0 saturated heterocycles. The number of nitrogens with one attached hydrogen (secondary N) is 1. The van der Waals surface area contributed by atoms with Crippen LogP contribution in [0.1, 0.15) is 15.9 Å². The molecule has 4 aromatic rings. The van der Waals surface area contributed by atoms with Gasteiger partial charge in [-0.3, -0.25) is 9.78 Å². The first-order valence-electron chi connectivity index (χ1n) is 10.1. The van der Waals surface area contributed by atoms with Crippen LogP contribution in [0.25, 0.3) is 11.4 Å². The van der Waals surface area contributed by atoms with E-state index in [0.717, 1.165) is 5.56 Å². The smallest absolute Gasteiger partial charge is 0.285 e. The van der Waals surface area contributed by atoms with Crippen molar-refractivity contribution in [2.75, 3.05) is 26.6 Å². The molecule has 0 aliphatic rings. The predicted molar refractivity (Wildman–Crippen MR) is 123 cm³/mol. The molecule has 0 spiro atoms. The van der Waals surface area contributed by atoms with E-state index < -0.39 is 0 Å². The first kappa shape index (κ1) is 21.8. The monoisotopic (exact) mass is 445 g/mol. The maximum Gasteiger partial charge on any atom is 0.285 e. The Morgan fingerprint density at radius 2 is 1.73 bits per heavy atom. The molecule has 2 aromatic heterocycles. The number of ether oxygens (including phenoxy) is 3. The van der Waals surface area contributed by atoms with Crippen LogP contribution in [-0.4, -0.2) is 47.0 Å². The van der Waals surface area contributed by atoms with Gasteiger partial charge in [0.25, 0.3) is 5.91 Å². The zero-order valence-corrected chi connectivity index (χ0v) is 18.5. The van der Waals surface area contributed by atoms with Gasteiger partial charge in [0.05, 0.1) is 26.9 Å². The molecular formula is C24H23N5O4. The second-order valence-corrected chi connectivity index (χ2v) is 6.96. The number of aromatic nitrogens is 4. The molecule has 168 valence electrons. The molecule has 33 heavy (non-hydrogen) atoms. The molecule has 1 N–H and O–H groups in total. The summed E-state index contributed by atoms with van der Waals surface area (Å²) in [6, 6.07) is 16.2. The maximum atomic E-state index is 13.4. The highest BCUT2D eigenvalue weighted by Gasteiger charge is 2.21. The summed E-state index contributed by atoms with van der Waals surface area (Å²) in [7, 11) is 4.68. The van der Waals surface area contributed by atoms with Crippen molar-refractivity contribution in [2.45, 2.75) is 6.54 Å². The summed E-state index contributed by atoms with van der Waals surface area (Å²) in [5, 5.41) is 7.67. The highest BCUT2D eigenvalue weighted by Crippen LogP contribution is 2.28. The Balaban J connectivity index is 1.69. The van der Waals surface area contributed by atoms with Gasteiger partial charge >= 0.3 is 0 Å². The largest absolute Gasteiger partial charge is 0.496 e. The number of hydrogen-bond acceptors (Lipinski definition) is 8. The van der Waals surface area contributed by atoms with Crippen LogP contribution in [0.5, 0.6) is 17.2 Å². The van der Waals surface area contributed by atoms with Crippen molar-refractivity contribution < 1.29 is 19.0 Å². The number of nitrogens with zero attached hydrogens (tertiary/aromatic N) is 4. The molecule has 4 rings (SSSR count). The van der Waals surface area contributed by atoms with Crippen molar-refractivity contribution in [1.82, 2.24) is 19.7 Å². The van der Waals surface area contributed by atoms with Gasteiger partial charge in [0.2, 0.25) is 5.95 Å². The molecule has 0 aliphatic carbocycles. The summed E-state index contributed by atoms with van der Waals surface area (Å²) in [4.78, 5) is 22.1. The number of carbonyl (C=O) groups is 1. The van der Waals surface area contributed by atoms with Gasteiger partial charge in [0.1, 0.15) is 5.75 Å².